The molecule has 0 saturated carbocycles. The molecule has 4 heteroatoms. The molecule has 1 aromatic rings. The third kappa shape index (κ3) is 1.93. The van der Waals surface area contributed by atoms with Crippen molar-refractivity contribution in [3.63, 3.8) is 0 Å². The number of carbonyl (C=O) groups excluding carboxylic acids is 2. The molecule has 0 amide bonds. The molecule has 0 aliphatic rings. The van der Waals surface area contributed by atoms with E-state index in [4.69, 9.17) is 0 Å². The minimum Gasteiger partial charge on any atom is -0.453 e. The third-order valence-corrected chi connectivity index (χ3v) is 1.10. The molecule has 0 aromatic carbocycles. The van der Waals surface area contributed by atoms with Crippen LogP contribution in [-0.4, -0.2) is 23.8 Å². The van der Waals surface area contributed by atoms with Crippen molar-refractivity contribution >= 4 is 12.3 Å². The van der Waals surface area contributed by atoms with Gasteiger partial charge in [-0.25, -0.2) is 4.79 Å². The number of esters is 1. The van der Waals surface area contributed by atoms with Gasteiger partial charge in [0.05, 0.1) is 0 Å². The molecule has 1 aromatic heterocycles. The van der Waals surface area contributed by atoms with Crippen LogP contribution in [0.3, 0.4) is 0 Å². The zero-order chi connectivity index (χ0) is 8.10. The zero-order valence-corrected chi connectivity index (χ0v) is 5.74. The maximum Gasteiger partial charge on any atom is 0.355 e. The van der Waals surface area contributed by atoms with Crippen molar-refractivity contribution in [2.24, 2.45) is 0 Å². The van der Waals surface area contributed by atoms with Gasteiger partial charge in [-0.2, -0.15) is 0 Å². The Morgan fingerprint density at radius 1 is 1.73 bits per heavy atom. The van der Waals surface area contributed by atoms with Crippen LogP contribution < -0.4 is 0 Å². The standard InChI is InChI=1S/C7H7NO3/c9-4-5-11-7(10)6-2-1-3-8-6/h1-4,8H,5H2. The molecule has 0 bridgehead atoms. The lowest BCUT2D eigenvalue weighted by molar-refractivity contribution is -0.110. The lowest BCUT2D eigenvalue weighted by atomic mass is 10.4. The predicted octanol–water partition coefficient (Wildman–Crippen LogP) is 0.370. The molecule has 0 aliphatic heterocycles. The highest BCUT2D eigenvalue weighted by molar-refractivity contribution is 5.87. The quantitative estimate of drug-likeness (QED) is 0.504. The lowest BCUT2D eigenvalue weighted by Crippen LogP contribution is -2.06. The van der Waals surface area contributed by atoms with E-state index in [1.165, 1.54) is 0 Å². The molecule has 0 saturated heterocycles. The molecule has 1 heterocycles. The van der Waals surface area contributed by atoms with E-state index in [1.54, 1.807) is 18.3 Å². The maximum atomic E-state index is 10.9. The Morgan fingerprint density at radius 3 is 3.09 bits per heavy atom. The van der Waals surface area contributed by atoms with Gasteiger partial charge in [0.1, 0.15) is 12.3 Å². The van der Waals surface area contributed by atoms with Crippen molar-refractivity contribution in [3.05, 3.63) is 24.0 Å². The summed E-state index contributed by atoms with van der Waals surface area (Å²) in [7, 11) is 0. The van der Waals surface area contributed by atoms with E-state index in [1.807, 2.05) is 0 Å². The second kappa shape index (κ2) is 3.55. The maximum absolute atomic E-state index is 10.9. The molecule has 11 heavy (non-hydrogen) atoms. The lowest BCUT2D eigenvalue weighted by Gasteiger charge is -1.95. The van der Waals surface area contributed by atoms with Gasteiger partial charge < -0.3 is 9.72 Å². The van der Waals surface area contributed by atoms with Crippen LogP contribution in [0.2, 0.25) is 0 Å². The molecular formula is C7H7NO3. The summed E-state index contributed by atoms with van der Waals surface area (Å²) in [5.41, 5.74) is 0.354. The second-order valence-corrected chi connectivity index (χ2v) is 1.85. The highest BCUT2D eigenvalue weighted by Crippen LogP contribution is 1.96. The fourth-order valence-corrected chi connectivity index (χ4v) is 0.645. The first-order valence-electron chi connectivity index (χ1n) is 3.08. The topological polar surface area (TPSA) is 59.2 Å². The van der Waals surface area contributed by atoms with Crippen LogP contribution in [0.25, 0.3) is 0 Å². The molecule has 0 radical (unpaired) electrons. The fraction of sp³-hybridized carbons (Fsp3) is 0.143. The van der Waals surface area contributed by atoms with E-state index < -0.39 is 5.97 Å². The molecule has 0 atom stereocenters. The first-order valence-corrected chi connectivity index (χ1v) is 3.08. The van der Waals surface area contributed by atoms with E-state index in [-0.39, 0.29) is 6.61 Å². The summed E-state index contributed by atoms with van der Waals surface area (Å²) in [6.45, 7) is -0.197. The highest BCUT2D eigenvalue weighted by Gasteiger charge is 2.05. The second-order valence-electron chi connectivity index (χ2n) is 1.85. The van der Waals surface area contributed by atoms with Crippen molar-refractivity contribution in [2.75, 3.05) is 6.61 Å². The van der Waals surface area contributed by atoms with Crippen LogP contribution in [0.15, 0.2) is 18.3 Å². The minimum atomic E-state index is -0.512. The van der Waals surface area contributed by atoms with E-state index in [0.717, 1.165) is 0 Å². The monoisotopic (exact) mass is 153 g/mol. The first kappa shape index (κ1) is 7.53. The number of nitrogens with one attached hydrogen (secondary N) is 1. The molecule has 0 spiro atoms. The SMILES string of the molecule is O=CCOC(=O)c1ccc[nH]1. The van der Waals surface area contributed by atoms with E-state index in [9.17, 15) is 9.59 Å². The average molecular weight is 153 g/mol. The summed E-state index contributed by atoms with van der Waals surface area (Å²) in [6.07, 6.45) is 2.14. The molecular weight excluding hydrogens is 146 g/mol. The van der Waals surface area contributed by atoms with Crippen LogP contribution in [0.1, 0.15) is 10.5 Å². The highest BCUT2D eigenvalue weighted by atomic mass is 16.5. The Bertz CT molecular complexity index is 240. The van der Waals surface area contributed by atoms with Crippen molar-refractivity contribution in [1.82, 2.24) is 4.98 Å². The van der Waals surface area contributed by atoms with Gasteiger partial charge in [0.15, 0.2) is 6.29 Å². The Labute approximate surface area is 63.2 Å². The van der Waals surface area contributed by atoms with Crippen molar-refractivity contribution in [3.8, 4) is 0 Å². The summed E-state index contributed by atoms with van der Waals surface area (Å²) in [5, 5.41) is 0. The van der Waals surface area contributed by atoms with E-state index in [0.29, 0.717) is 12.0 Å². The Morgan fingerprint density at radius 2 is 2.55 bits per heavy atom. The van der Waals surface area contributed by atoms with Gasteiger partial charge in [-0.05, 0) is 12.1 Å². The van der Waals surface area contributed by atoms with E-state index in [2.05, 4.69) is 9.72 Å². The van der Waals surface area contributed by atoms with Crippen molar-refractivity contribution < 1.29 is 14.3 Å². The number of carbonyl (C=O) groups is 2. The molecule has 0 unspecified atom stereocenters. The third-order valence-electron chi connectivity index (χ3n) is 1.10. The van der Waals surface area contributed by atoms with Gasteiger partial charge in [0, 0.05) is 6.20 Å². The number of aldehydes is 1. The fourth-order valence-electron chi connectivity index (χ4n) is 0.645. The van der Waals surface area contributed by atoms with E-state index >= 15 is 0 Å². The largest absolute Gasteiger partial charge is 0.453 e. The number of aromatic amines is 1. The average Bonchev–Trinajstić information content (AvgIpc) is 2.52. The Balaban J connectivity index is 2.49. The van der Waals surface area contributed by atoms with Gasteiger partial charge in [0.25, 0.3) is 0 Å². The zero-order valence-electron chi connectivity index (χ0n) is 5.74. The smallest absolute Gasteiger partial charge is 0.355 e. The molecule has 58 valence electrons. The summed E-state index contributed by atoms with van der Waals surface area (Å²) in [4.78, 5) is 23.3. The van der Waals surface area contributed by atoms with Gasteiger partial charge in [0.2, 0.25) is 0 Å². The Hall–Kier alpha value is -1.58. The first-order chi connectivity index (χ1) is 5.34. The molecule has 4 nitrogen and oxygen atoms in total. The van der Waals surface area contributed by atoms with Crippen LogP contribution in [0, 0.1) is 0 Å². The summed E-state index contributed by atoms with van der Waals surface area (Å²) < 4.78 is 4.50. The normalized spacial score (nSPS) is 9.09. The van der Waals surface area contributed by atoms with Gasteiger partial charge >= 0.3 is 5.97 Å². The van der Waals surface area contributed by atoms with Crippen LogP contribution >= 0.6 is 0 Å². The number of hydrogen-bond donors (Lipinski definition) is 1. The molecule has 1 N–H and O–H groups in total. The summed E-state index contributed by atoms with van der Waals surface area (Å²) in [5.74, 6) is -0.512. The van der Waals surface area contributed by atoms with Crippen LogP contribution in [-0.2, 0) is 9.53 Å². The minimum absolute atomic E-state index is 0.197. The van der Waals surface area contributed by atoms with Gasteiger partial charge in [-0.15, -0.1) is 0 Å². The van der Waals surface area contributed by atoms with Crippen molar-refractivity contribution in [2.45, 2.75) is 0 Å². The molecule has 0 fully saturated rings. The van der Waals surface area contributed by atoms with Crippen molar-refractivity contribution in [1.29, 1.82) is 0 Å². The van der Waals surface area contributed by atoms with Gasteiger partial charge in [-0.1, -0.05) is 0 Å². The number of H-pyrrole nitrogens is 1. The van der Waals surface area contributed by atoms with Crippen LogP contribution in [0.5, 0.6) is 0 Å². The molecule has 0 aliphatic carbocycles. The van der Waals surface area contributed by atoms with Crippen LogP contribution in [0.4, 0.5) is 0 Å². The number of aromatic nitrogens is 1. The van der Waals surface area contributed by atoms with Gasteiger partial charge in [-0.3, -0.25) is 4.79 Å². The number of hydrogen-bond acceptors (Lipinski definition) is 3. The summed E-state index contributed by atoms with van der Waals surface area (Å²) >= 11 is 0. The summed E-state index contributed by atoms with van der Waals surface area (Å²) in [6, 6.07) is 3.25. The number of ether oxygens (including phenoxy) is 1. The molecule has 1 rings (SSSR count). The number of rotatable bonds is 3. The Kier molecular flexibility index (Phi) is 2.43. The predicted molar refractivity (Wildman–Crippen MR) is 37.1 cm³/mol.